The van der Waals surface area contributed by atoms with E-state index in [1.54, 1.807) is 0 Å². The van der Waals surface area contributed by atoms with Crippen LogP contribution >= 0.6 is 27.5 Å². The Kier molecular flexibility index (Phi) is 4.46. The fraction of sp³-hybridized carbons (Fsp3) is 0.300. The molecule has 0 aliphatic heterocycles. The van der Waals surface area contributed by atoms with Crippen molar-refractivity contribution in [1.29, 1.82) is 0 Å². The molecule has 3 heteroatoms. The van der Waals surface area contributed by atoms with Crippen molar-refractivity contribution in [2.24, 2.45) is 0 Å². The fourth-order valence-corrected chi connectivity index (χ4v) is 1.57. The highest BCUT2D eigenvalue weighted by Crippen LogP contribution is 2.13. The van der Waals surface area contributed by atoms with Crippen molar-refractivity contribution in [3.8, 4) is 0 Å². The van der Waals surface area contributed by atoms with Crippen LogP contribution in [0.15, 0.2) is 28.7 Å². The predicted molar refractivity (Wildman–Crippen MR) is 58.4 cm³/mol. The molecule has 1 rings (SSSR count). The van der Waals surface area contributed by atoms with Crippen LogP contribution in [0.5, 0.6) is 0 Å². The monoisotopic (exact) mass is 260 g/mol. The molecule has 1 aromatic rings. The maximum atomic E-state index is 11.5. The van der Waals surface area contributed by atoms with E-state index in [1.165, 1.54) is 0 Å². The minimum absolute atomic E-state index is 0.155. The molecule has 1 aromatic carbocycles. The zero-order valence-corrected chi connectivity index (χ0v) is 9.44. The van der Waals surface area contributed by atoms with Crippen molar-refractivity contribution >= 4 is 33.3 Å². The third-order valence-corrected chi connectivity index (χ3v) is 2.44. The molecule has 0 bridgehead atoms. The second-order valence-corrected chi connectivity index (χ2v) is 4.02. The van der Waals surface area contributed by atoms with Gasteiger partial charge in [-0.3, -0.25) is 4.79 Å². The lowest BCUT2D eigenvalue weighted by Crippen LogP contribution is -1.98. The van der Waals surface area contributed by atoms with Gasteiger partial charge in [-0.2, -0.15) is 0 Å². The number of benzene rings is 1. The first-order valence-electron chi connectivity index (χ1n) is 4.09. The molecule has 70 valence electrons. The molecule has 0 aliphatic carbocycles. The zero-order chi connectivity index (χ0) is 9.68. The van der Waals surface area contributed by atoms with E-state index in [9.17, 15) is 4.79 Å². The number of hydrogen-bond donors (Lipinski definition) is 0. The number of halogens is 2. The van der Waals surface area contributed by atoms with Crippen molar-refractivity contribution in [3.05, 3.63) is 34.3 Å². The van der Waals surface area contributed by atoms with Crippen LogP contribution in [0.1, 0.15) is 23.2 Å². The lowest BCUT2D eigenvalue weighted by molar-refractivity contribution is 0.0982. The molecule has 1 nitrogen and oxygen atoms in total. The summed E-state index contributed by atoms with van der Waals surface area (Å²) in [6.07, 6.45) is 1.27. The summed E-state index contributed by atoms with van der Waals surface area (Å²) in [5.74, 6) is 0.696. The second-order valence-electron chi connectivity index (χ2n) is 2.73. The van der Waals surface area contributed by atoms with Gasteiger partial charge in [-0.25, -0.2) is 0 Å². The summed E-state index contributed by atoms with van der Waals surface area (Å²) in [7, 11) is 0. The van der Waals surface area contributed by atoms with Crippen LogP contribution in [-0.2, 0) is 0 Å². The highest BCUT2D eigenvalue weighted by atomic mass is 79.9. The molecule has 0 atom stereocenters. The summed E-state index contributed by atoms with van der Waals surface area (Å²) in [5, 5.41) is 0. The van der Waals surface area contributed by atoms with Crippen molar-refractivity contribution in [2.45, 2.75) is 12.8 Å². The van der Waals surface area contributed by atoms with Crippen molar-refractivity contribution in [2.75, 3.05) is 5.88 Å². The van der Waals surface area contributed by atoms with Gasteiger partial charge in [0.1, 0.15) is 0 Å². The van der Waals surface area contributed by atoms with Gasteiger partial charge in [-0.05, 0) is 18.6 Å². The summed E-state index contributed by atoms with van der Waals surface area (Å²) in [6, 6.07) is 7.41. The van der Waals surface area contributed by atoms with E-state index in [2.05, 4.69) is 15.9 Å². The molecule has 0 N–H and O–H groups in total. The third kappa shape index (κ3) is 3.49. The van der Waals surface area contributed by atoms with Crippen LogP contribution in [0.3, 0.4) is 0 Å². The first-order valence-corrected chi connectivity index (χ1v) is 5.41. The average Bonchev–Trinajstić information content (AvgIpc) is 2.14. The van der Waals surface area contributed by atoms with Crippen molar-refractivity contribution in [3.63, 3.8) is 0 Å². The summed E-state index contributed by atoms with van der Waals surface area (Å²) in [6.45, 7) is 0. The zero-order valence-electron chi connectivity index (χ0n) is 7.09. The summed E-state index contributed by atoms with van der Waals surface area (Å²) in [4.78, 5) is 11.5. The van der Waals surface area contributed by atoms with Gasteiger partial charge in [0, 0.05) is 22.3 Å². The quantitative estimate of drug-likeness (QED) is 0.597. The van der Waals surface area contributed by atoms with Gasteiger partial charge >= 0.3 is 0 Å². The molecule has 13 heavy (non-hydrogen) atoms. The molecule has 0 aromatic heterocycles. The topological polar surface area (TPSA) is 17.1 Å². The Morgan fingerprint density at radius 1 is 1.46 bits per heavy atom. The van der Waals surface area contributed by atoms with Crippen LogP contribution < -0.4 is 0 Å². The van der Waals surface area contributed by atoms with Crippen molar-refractivity contribution in [1.82, 2.24) is 0 Å². The van der Waals surface area contributed by atoms with E-state index in [0.717, 1.165) is 16.5 Å². The predicted octanol–water partition coefficient (Wildman–Crippen LogP) is 3.65. The lowest BCUT2D eigenvalue weighted by atomic mass is 10.1. The van der Waals surface area contributed by atoms with E-state index in [0.29, 0.717) is 12.3 Å². The first kappa shape index (κ1) is 10.7. The molecule has 0 aliphatic rings. The first-order chi connectivity index (χ1) is 6.24. The highest BCUT2D eigenvalue weighted by Gasteiger charge is 2.04. The number of rotatable bonds is 4. The maximum absolute atomic E-state index is 11.5. The Labute approximate surface area is 91.2 Å². The maximum Gasteiger partial charge on any atom is 0.162 e. The van der Waals surface area contributed by atoms with Gasteiger partial charge in [-0.15, -0.1) is 11.6 Å². The second kappa shape index (κ2) is 5.40. The van der Waals surface area contributed by atoms with Crippen LogP contribution in [0.4, 0.5) is 0 Å². The standard InChI is InChI=1S/C10H10BrClO/c11-9-4-1-3-8(7-9)10(13)5-2-6-12/h1,3-4,7H,2,5-6H2. The molecule has 0 saturated carbocycles. The van der Waals surface area contributed by atoms with E-state index in [1.807, 2.05) is 24.3 Å². The smallest absolute Gasteiger partial charge is 0.162 e. The Morgan fingerprint density at radius 2 is 2.23 bits per heavy atom. The van der Waals surface area contributed by atoms with Crippen LogP contribution in [0, 0.1) is 0 Å². The number of alkyl halides is 1. The molecule has 0 heterocycles. The lowest BCUT2D eigenvalue weighted by Gasteiger charge is -1.99. The normalized spacial score (nSPS) is 10.0. The summed E-state index contributed by atoms with van der Waals surface area (Å²) < 4.78 is 0.934. The minimum atomic E-state index is 0.155. The van der Waals surface area contributed by atoms with Crippen molar-refractivity contribution < 1.29 is 4.79 Å². The Balaban J connectivity index is 2.66. The number of ketones is 1. The van der Waals surface area contributed by atoms with Gasteiger partial charge in [0.15, 0.2) is 5.78 Å². The molecule has 0 amide bonds. The van der Waals surface area contributed by atoms with Gasteiger partial charge in [0.25, 0.3) is 0 Å². The number of Topliss-reactive ketones (excluding diaryl/α,β-unsaturated/α-hetero) is 1. The van der Waals surface area contributed by atoms with Gasteiger partial charge in [0.05, 0.1) is 0 Å². The molecule has 0 unspecified atom stereocenters. The molecule has 0 spiro atoms. The summed E-state index contributed by atoms with van der Waals surface area (Å²) >= 11 is 8.82. The van der Waals surface area contributed by atoms with Crippen LogP contribution in [-0.4, -0.2) is 11.7 Å². The minimum Gasteiger partial charge on any atom is -0.294 e. The van der Waals surface area contributed by atoms with E-state index in [4.69, 9.17) is 11.6 Å². The largest absolute Gasteiger partial charge is 0.294 e. The Morgan fingerprint density at radius 3 is 2.85 bits per heavy atom. The van der Waals surface area contributed by atoms with Gasteiger partial charge < -0.3 is 0 Å². The number of carbonyl (C=O) groups excluding carboxylic acids is 1. The number of carbonyl (C=O) groups is 1. The van der Waals surface area contributed by atoms with Crippen LogP contribution in [0.2, 0.25) is 0 Å². The fourth-order valence-electron chi connectivity index (χ4n) is 1.03. The molecule has 0 radical (unpaired) electrons. The molecular weight excluding hydrogens is 251 g/mol. The Bertz CT molecular complexity index is 299. The average molecular weight is 262 g/mol. The van der Waals surface area contributed by atoms with E-state index < -0.39 is 0 Å². The third-order valence-electron chi connectivity index (χ3n) is 1.68. The molecule has 0 fully saturated rings. The van der Waals surface area contributed by atoms with Gasteiger partial charge in [0.2, 0.25) is 0 Å². The number of hydrogen-bond acceptors (Lipinski definition) is 1. The van der Waals surface area contributed by atoms with Crippen LogP contribution in [0.25, 0.3) is 0 Å². The Hall–Kier alpha value is -0.340. The SMILES string of the molecule is O=C(CCCCl)c1cccc(Br)c1. The van der Waals surface area contributed by atoms with Gasteiger partial charge in [-0.1, -0.05) is 28.1 Å². The summed E-state index contributed by atoms with van der Waals surface area (Å²) in [5.41, 5.74) is 0.750. The van der Waals surface area contributed by atoms with E-state index in [-0.39, 0.29) is 5.78 Å². The molecule has 0 saturated heterocycles. The highest BCUT2D eigenvalue weighted by molar-refractivity contribution is 9.10. The molecular formula is C10H10BrClO. The van der Waals surface area contributed by atoms with E-state index >= 15 is 0 Å².